The lowest BCUT2D eigenvalue weighted by Crippen LogP contribution is -2.15. The lowest BCUT2D eigenvalue weighted by molar-refractivity contribution is 0.102. The molecule has 2 aromatic carbocycles. The number of carbonyl (C=O) groups is 1. The van der Waals surface area contributed by atoms with E-state index in [0.717, 1.165) is 17.1 Å². The molecule has 7 heteroatoms. The van der Waals surface area contributed by atoms with E-state index in [1.54, 1.807) is 24.4 Å². The van der Waals surface area contributed by atoms with Crippen LogP contribution < -0.4 is 24.8 Å². The smallest absolute Gasteiger partial charge is 0.274 e. The molecule has 1 aliphatic heterocycles. The molecule has 1 amide bonds. The molecule has 0 atom stereocenters. The quantitative estimate of drug-likeness (QED) is 0.639. The normalized spacial score (nSPS) is 12.0. The summed E-state index contributed by atoms with van der Waals surface area (Å²) in [6.45, 7) is 4.10. The van der Waals surface area contributed by atoms with Crippen molar-refractivity contribution in [3.05, 3.63) is 66.5 Å². The van der Waals surface area contributed by atoms with Gasteiger partial charge in [-0.3, -0.25) is 4.79 Å². The van der Waals surface area contributed by atoms with Crippen molar-refractivity contribution in [3.63, 3.8) is 0 Å². The van der Waals surface area contributed by atoms with Crippen LogP contribution in [0.3, 0.4) is 0 Å². The topological polar surface area (TPSA) is 81.7 Å². The number of carbonyl (C=O) groups excluding carboxylic acids is 1. The second kappa shape index (κ2) is 8.10. The van der Waals surface area contributed by atoms with Crippen LogP contribution in [-0.2, 0) is 0 Å². The van der Waals surface area contributed by atoms with Crippen LogP contribution in [0, 0.1) is 0 Å². The predicted molar refractivity (Wildman–Crippen MR) is 110 cm³/mol. The standard InChI is InChI=1S/C22H21N3O4/c1-14(2)29-19-6-4-3-5-17(19)25-22(26)18-9-7-16(12-23-18)24-15-8-10-20-21(11-15)28-13-27-20/h3-12,14,24H,13H2,1-2H3,(H,25,26). The number of fused-ring (bicyclic) bond motifs is 1. The van der Waals surface area contributed by atoms with E-state index < -0.39 is 0 Å². The van der Waals surface area contributed by atoms with Gasteiger partial charge in [-0.05, 0) is 50.2 Å². The molecule has 3 aromatic rings. The summed E-state index contributed by atoms with van der Waals surface area (Å²) in [4.78, 5) is 16.8. The Labute approximate surface area is 168 Å². The first-order valence-corrected chi connectivity index (χ1v) is 9.28. The number of rotatable bonds is 6. The van der Waals surface area contributed by atoms with Gasteiger partial charge in [0.1, 0.15) is 11.4 Å². The van der Waals surface area contributed by atoms with Crippen molar-refractivity contribution in [2.24, 2.45) is 0 Å². The third kappa shape index (κ3) is 4.40. The first-order valence-electron chi connectivity index (χ1n) is 9.28. The molecule has 2 heterocycles. The summed E-state index contributed by atoms with van der Waals surface area (Å²) in [7, 11) is 0. The summed E-state index contributed by atoms with van der Waals surface area (Å²) in [6.07, 6.45) is 1.61. The van der Waals surface area contributed by atoms with Gasteiger partial charge >= 0.3 is 0 Å². The number of hydrogen-bond acceptors (Lipinski definition) is 6. The minimum absolute atomic E-state index is 0.00714. The monoisotopic (exact) mass is 391 g/mol. The Morgan fingerprint density at radius 2 is 1.83 bits per heavy atom. The van der Waals surface area contributed by atoms with E-state index in [2.05, 4.69) is 15.6 Å². The molecule has 29 heavy (non-hydrogen) atoms. The Hall–Kier alpha value is -3.74. The van der Waals surface area contributed by atoms with Crippen LogP contribution in [0.15, 0.2) is 60.8 Å². The van der Waals surface area contributed by atoms with Crippen molar-refractivity contribution >= 4 is 23.0 Å². The van der Waals surface area contributed by atoms with Crippen molar-refractivity contribution in [1.29, 1.82) is 0 Å². The number of amides is 1. The van der Waals surface area contributed by atoms with Gasteiger partial charge in [-0.25, -0.2) is 4.98 Å². The Bertz CT molecular complexity index is 1020. The molecule has 4 rings (SSSR count). The maximum Gasteiger partial charge on any atom is 0.274 e. The number of ether oxygens (including phenoxy) is 3. The zero-order valence-corrected chi connectivity index (χ0v) is 16.1. The molecule has 0 saturated heterocycles. The fourth-order valence-corrected chi connectivity index (χ4v) is 2.86. The van der Waals surface area contributed by atoms with E-state index in [4.69, 9.17) is 14.2 Å². The minimum Gasteiger partial charge on any atom is -0.489 e. The Balaban J connectivity index is 1.43. The van der Waals surface area contributed by atoms with Crippen LogP contribution in [-0.4, -0.2) is 23.8 Å². The number of nitrogens with one attached hydrogen (secondary N) is 2. The number of nitrogens with zero attached hydrogens (tertiary/aromatic N) is 1. The first-order chi connectivity index (χ1) is 14.1. The van der Waals surface area contributed by atoms with Gasteiger partial charge in [-0.2, -0.15) is 0 Å². The molecule has 2 N–H and O–H groups in total. The van der Waals surface area contributed by atoms with Crippen molar-refractivity contribution < 1.29 is 19.0 Å². The van der Waals surface area contributed by atoms with Gasteiger partial charge in [0.2, 0.25) is 6.79 Å². The molecule has 0 saturated carbocycles. The minimum atomic E-state index is -0.306. The van der Waals surface area contributed by atoms with Gasteiger partial charge in [0, 0.05) is 11.8 Å². The lowest BCUT2D eigenvalue weighted by atomic mass is 10.2. The molecule has 0 unspecified atom stereocenters. The summed E-state index contributed by atoms with van der Waals surface area (Å²) >= 11 is 0. The number of pyridine rings is 1. The van der Waals surface area contributed by atoms with Gasteiger partial charge < -0.3 is 24.8 Å². The summed E-state index contributed by atoms with van der Waals surface area (Å²) in [5.74, 6) is 1.74. The maximum atomic E-state index is 12.6. The Morgan fingerprint density at radius 1 is 1.03 bits per heavy atom. The van der Waals surface area contributed by atoms with Crippen molar-refractivity contribution in [1.82, 2.24) is 4.98 Å². The van der Waals surface area contributed by atoms with Crippen LogP contribution >= 0.6 is 0 Å². The summed E-state index contributed by atoms with van der Waals surface area (Å²) < 4.78 is 16.4. The van der Waals surface area contributed by atoms with Crippen LogP contribution in [0.25, 0.3) is 0 Å². The van der Waals surface area contributed by atoms with Gasteiger partial charge in [0.05, 0.1) is 23.7 Å². The van der Waals surface area contributed by atoms with Crippen LogP contribution in [0.5, 0.6) is 17.2 Å². The van der Waals surface area contributed by atoms with E-state index in [1.165, 1.54) is 0 Å². The van der Waals surface area contributed by atoms with Crippen molar-refractivity contribution in [2.75, 3.05) is 17.4 Å². The van der Waals surface area contributed by atoms with Gasteiger partial charge in [0.15, 0.2) is 11.5 Å². The van der Waals surface area contributed by atoms with E-state index in [1.807, 2.05) is 50.2 Å². The van der Waals surface area contributed by atoms with E-state index in [9.17, 15) is 4.79 Å². The number of aromatic nitrogens is 1. The largest absolute Gasteiger partial charge is 0.489 e. The van der Waals surface area contributed by atoms with E-state index >= 15 is 0 Å². The Kier molecular flexibility index (Phi) is 5.20. The first kappa shape index (κ1) is 18.6. The highest BCUT2D eigenvalue weighted by Crippen LogP contribution is 2.35. The molecule has 7 nitrogen and oxygen atoms in total. The van der Waals surface area contributed by atoms with E-state index in [-0.39, 0.29) is 18.8 Å². The number of anilines is 3. The maximum absolute atomic E-state index is 12.6. The molecular formula is C22H21N3O4. The molecule has 0 radical (unpaired) electrons. The predicted octanol–water partition coefficient (Wildman–Crippen LogP) is 4.59. The van der Waals surface area contributed by atoms with Crippen LogP contribution in [0.1, 0.15) is 24.3 Å². The summed E-state index contributed by atoms with van der Waals surface area (Å²) in [6, 6.07) is 16.4. The van der Waals surface area contributed by atoms with Gasteiger partial charge in [-0.15, -0.1) is 0 Å². The second-order valence-corrected chi connectivity index (χ2v) is 6.74. The molecule has 148 valence electrons. The van der Waals surface area contributed by atoms with E-state index in [0.29, 0.717) is 22.9 Å². The lowest BCUT2D eigenvalue weighted by Gasteiger charge is -2.14. The SMILES string of the molecule is CC(C)Oc1ccccc1NC(=O)c1ccc(Nc2ccc3c(c2)OCO3)cn1. The average Bonchev–Trinajstić information content (AvgIpc) is 3.17. The fourth-order valence-electron chi connectivity index (χ4n) is 2.86. The van der Waals surface area contributed by atoms with Crippen LogP contribution in [0.2, 0.25) is 0 Å². The molecule has 0 fully saturated rings. The third-order valence-electron chi connectivity index (χ3n) is 4.16. The molecular weight excluding hydrogens is 370 g/mol. The highest BCUT2D eigenvalue weighted by atomic mass is 16.7. The van der Waals surface area contributed by atoms with Gasteiger partial charge in [-0.1, -0.05) is 12.1 Å². The summed E-state index contributed by atoms with van der Waals surface area (Å²) in [5, 5.41) is 6.08. The highest BCUT2D eigenvalue weighted by molar-refractivity contribution is 6.03. The molecule has 0 aliphatic carbocycles. The fraction of sp³-hybridized carbons (Fsp3) is 0.182. The zero-order chi connectivity index (χ0) is 20.2. The molecule has 1 aromatic heterocycles. The zero-order valence-electron chi connectivity index (χ0n) is 16.1. The van der Waals surface area contributed by atoms with Crippen molar-refractivity contribution in [3.8, 4) is 17.2 Å². The molecule has 1 aliphatic rings. The third-order valence-corrected chi connectivity index (χ3v) is 4.16. The highest BCUT2D eigenvalue weighted by Gasteiger charge is 2.14. The van der Waals surface area contributed by atoms with Gasteiger partial charge in [0.25, 0.3) is 5.91 Å². The number of hydrogen-bond donors (Lipinski definition) is 2. The van der Waals surface area contributed by atoms with Crippen molar-refractivity contribution in [2.45, 2.75) is 20.0 Å². The Morgan fingerprint density at radius 3 is 2.62 bits per heavy atom. The summed E-state index contributed by atoms with van der Waals surface area (Å²) in [5.41, 5.74) is 2.51. The number of para-hydroxylation sites is 2. The second-order valence-electron chi connectivity index (χ2n) is 6.74. The number of benzene rings is 2. The molecule has 0 bridgehead atoms. The average molecular weight is 391 g/mol. The molecule has 0 spiro atoms. The van der Waals surface area contributed by atoms with Crippen LogP contribution in [0.4, 0.5) is 17.1 Å².